The minimum absolute atomic E-state index is 0.0931. The van der Waals surface area contributed by atoms with Crippen molar-refractivity contribution in [3.63, 3.8) is 0 Å². The SMILES string of the molecule is Cc1nc(C)n(C(C)(C)C=O)c(=O)c1N. The second-order valence-corrected chi connectivity index (χ2v) is 4.07. The summed E-state index contributed by atoms with van der Waals surface area (Å²) in [5, 5.41) is 0. The molecule has 0 aromatic carbocycles. The number of rotatable bonds is 2. The van der Waals surface area contributed by atoms with Gasteiger partial charge in [-0.15, -0.1) is 0 Å². The molecule has 5 heteroatoms. The molecule has 0 aliphatic rings. The zero-order valence-corrected chi connectivity index (χ0v) is 9.37. The molecule has 0 radical (unpaired) electrons. The maximum atomic E-state index is 11.9. The van der Waals surface area contributed by atoms with Gasteiger partial charge in [0.2, 0.25) is 0 Å². The van der Waals surface area contributed by atoms with Gasteiger partial charge in [-0.2, -0.15) is 0 Å². The van der Waals surface area contributed by atoms with Crippen molar-refractivity contribution in [2.45, 2.75) is 33.2 Å². The number of aryl methyl sites for hydroxylation is 2. The first kappa shape index (κ1) is 11.4. The Morgan fingerprint density at radius 2 is 1.93 bits per heavy atom. The Bertz CT molecular complexity index is 460. The van der Waals surface area contributed by atoms with Gasteiger partial charge in [0, 0.05) is 0 Å². The Hall–Kier alpha value is -1.65. The van der Waals surface area contributed by atoms with E-state index in [9.17, 15) is 9.59 Å². The molecule has 1 aromatic heterocycles. The number of aldehydes is 1. The summed E-state index contributed by atoms with van der Waals surface area (Å²) >= 11 is 0. The highest BCUT2D eigenvalue weighted by Crippen LogP contribution is 2.13. The van der Waals surface area contributed by atoms with Gasteiger partial charge in [0.1, 0.15) is 17.8 Å². The van der Waals surface area contributed by atoms with E-state index >= 15 is 0 Å². The van der Waals surface area contributed by atoms with Gasteiger partial charge in [-0.25, -0.2) is 4.98 Å². The molecule has 82 valence electrons. The van der Waals surface area contributed by atoms with Crippen molar-refractivity contribution in [3.8, 4) is 0 Å². The molecule has 0 saturated carbocycles. The third kappa shape index (κ3) is 1.77. The number of nitrogens with zero attached hydrogens (tertiary/aromatic N) is 2. The van der Waals surface area contributed by atoms with E-state index in [1.807, 2.05) is 0 Å². The molecule has 0 bridgehead atoms. The minimum Gasteiger partial charge on any atom is -0.393 e. The van der Waals surface area contributed by atoms with Gasteiger partial charge in [-0.05, 0) is 27.7 Å². The van der Waals surface area contributed by atoms with E-state index < -0.39 is 5.54 Å². The molecular weight excluding hydrogens is 194 g/mol. The lowest BCUT2D eigenvalue weighted by molar-refractivity contribution is -0.114. The Labute approximate surface area is 87.9 Å². The largest absolute Gasteiger partial charge is 0.393 e. The number of aromatic nitrogens is 2. The molecule has 0 unspecified atom stereocenters. The number of carbonyl (C=O) groups excluding carboxylic acids is 1. The van der Waals surface area contributed by atoms with Crippen molar-refractivity contribution in [2.24, 2.45) is 0 Å². The summed E-state index contributed by atoms with van der Waals surface area (Å²) in [4.78, 5) is 26.9. The zero-order valence-electron chi connectivity index (χ0n) is 9.37. The standard InChI is InChI=1S/C10H15N3O2/c1-6-8(11)9(15)13(7(2)12-6)10(3,4)5-14/h5H,11H2,1-4H3. The second kappa shape index (κ2) is 3.49. The predicted molar refractivity (Wildman–Crippen MR) is 57.8 cm³/mol. The maximum absolute atomic E-state index is 11.9. The van der Waals surface area contributed by atoms with Crippen LogP contribution in [-0.2, 0) is 10.3 Å². The van der Waals surface area contributed by atoms with Crippen LogP contribution in [0.25, 0.3) is 0 Å². The van der Waals surface area contributed by atoms with Crippen LogP contribution in [0.2, 0.25) is 0 Å². The smallest absolute Gasteiger partial charge is 0.277 e. The van der Waals surface area contributed by atoms with Gasteiger partial charge in [-0.1, -0.05) is 0 Å². The highest BCUT2D eigenvalue weighted by atomic mass is 16.1. The van der Waals surface area contributed by atoms with Gasteiger partial charge >= 0.3 is 0 Å². The van der Waals surface area contributed by atoms with Crippen molar-refractivity contribution < 1.29 is 4.79 Å². The summed E-state index contributed by atoms with van der Waals surface area (Å²) in [6, 6.07) is 0. The summed E-state index contributed by atoms with van der Waals surface area (Å²) in [5.41, 5.74) is 4.90. The van der Waals surface area contributed by atoms with Gasteiger partial charge in [-0.3, -0.25) is 9.36 Å². The molecule has 2 N–H and O–H groups in total. The van der Waals surface area contributed by atoms with Crippen LogP contribution in [0.1, 0.15) is 25.4 Å². The van der Waals surface area contributed by atoms with Crippen LogP contribution in [0, 0.1) is 13.8 Å². The van der Waals surface area contributed by atoms with Crippen LogP contribution in [0.4, 0.5) is 5.69 Å². The highest BCUT2D eigenvalue weighted by molar-refractivity contribution is 5.61. The molecule has 0 amide bonds. The molecule has 0 spiro atoms. The van der Waals surface area contributed by atoms with Crippen molar-refractivity contribution >= 4 is 12.0 Å². The topological polar surface area (TPSA) is 78.0 Å². The van der Waals surface area contributed by atoms with Crippen molar-refractivity contribution in [2.75, 3.05) is 5.73 Å². The van der Waals surface area contributed by atoms with Crippen molar-refractivity contribution in [1.82, 2.24) is 9.55 Å². The zero-order chi connectivity index (χ0) is 11.8. The first-order valence-corrected chi connectivity index (χ1v) is 4.64. The Morgan fingerprint density at radius 1 is 1.40 bits per heavy atom. The van der Waals surface area contributed by atoms with Crippen LogP contribution in [-0.4, -0.2) is 15.8 Å². The van der Waals surface area contributed by atoms with E-state index in [1.165, 1.54) is 4.57 Å². The molecule has 0 atom stereocenters. The fourth-order valence-electron chi connectivity index (χ4n) is 1.51. The van der Waals surface area contributed by atoms with Crippen LogP contribution in [0.3, 0.4) is 0 Å². The van der Waals surface area contributed by atoms with Crippen LogP contribution in [0.5, 0.6) is 0 Å². The Balaban J connectivity index is 3.64. The molecule has 0 fully saturated rings. The van der Waals surface area contributed by atoms with Gasteiger partial charge in [0.15, 0.2) is 0 Å². The Morgan fingerprint density at radius 3 is 2.40 bits per heavy atom. The molecule has 0 aliphatic carbocycles. The van der Waals surface area contributed by atoms with Gasteiger partial charge in [0.25, 0.3) is 5.56 Å². The van der Waals surface area contributed by atoms with Gasteiger partial charge < -0.3 is 10.5 Å². The number of nitrogens with two attached hydrogens (primary N) is 1. The number of hydrogen-bond acceptors (Lipinski definition) is 4. The first-order valence-electron chi connectivity index (χ1n) is 4.64. The summed E-state index contributed by atoms with van der Waals surface area (Å²) in [7, 11) is 0. The van der Waals surface area contributed by atoms with Crippen molar-refractivity contribution in [3.05, 3.63) is 21.9 Å². The molecule has 0 saturated heterocycles. The van der Waals surface area contributed by atoms with E-state index in [0.29, 0.717) is 17.8 Å². The minimum atomic E-state index is -0.921. The summed E-state index contributed by atoms with van der Waals surface area (Å²) in [6.07, 6.45) is 0.706. The monoisotopic (exact) mass is 209 g/mol. The second-order valence-electron chi connectivity index (χ2n) is 4.07. The number of anilines is 1. The molecule has 1 heterocycles. The fraction of sp³-hybridized carbons (Fsp3) is 0.500. The first-order chi connectivity index (χ1) is 6.81. The molecule has 0 aliphatic heterocycles. The highest BCUT2D eigenvalue weighted by Gasteiger charge is 2.24. The lowest BCUT2D eigenvalue weighted by Crippen LogP contribution is -2.41. The van der Waals surface area contributed by atoms with Gasteiger partial charge in [0.05, 0.1) is 11.2 Å². The summed E-state index contributed by atoms with van der Waals surface area (Å²) < 4.78 is 1.31. The van der Waals surface area contributed by atoms with E-state index in [2.05, 4.69) is 4.98 Å². The van der Waals surface area contributed by atoms with Crippen molar-refractivity contribution in [1.29, 1.82) is 0 Å². The molecule has 15 heavy (non-hydrogen) atoms. The average Bonchev–Trinajstić information content (AvgIpc) is 2.14. The van der Waals surface area contributed by atoms with Crippen LogP contribution >= 0.6 is 0 Å². The third-order valence-electron chi connectivity index (χ3n) is 2.34. The third-order valence-corrected chi connectivity index (χ3v) is 2.34. The number of nitrogen functional groups attached to an aromatic ring is 1. The van der Waals surface area contributed by atoms with E-state index in [4.69, 9.17) is 5.73 Å². The normalized spacial score (nSPS) is 11.5. The molecule has 5 nitrogen and oxygen atoms in total. The van der Waals surface area contributed by atoms with E-state index in [1.54, 1.807) is 27.7 Å². The lowest BCUT2D eigenvalue weighted by Gasteiger charge is -2.23. The fourth-order valence-corrected chi connectivity index (χ4v) is 1.51. The average molecular weight is 209 g/mol. The molecule has 1 aromatic rings. The lowest BCUT2D eigenvalue weighted by atomic mass is 10.1. The Kier molecular flexibility index (Phi) is 2.66. The molecule has 1 rings (SSSR count). The summed E-state index contributed by atoms with van der Waals surface area (Å²) in [6.45, 7) is 6.64. The quantitative estimate of drug-likeness (QED) is 0.714. The summed E-state index contributed by atoms with van der Waals surface area (Å²) in [5.74, 6) is 0.490. The number of hydrogen-bond donors (Lipinski definition) is 1. The van der Waals surface area contributed by atoms with Crippen LogP contribution in [0.15, 0.2) is 4.79 Å². The van der Waals surface area contributed by atoms with Crippen LogP contribution < -0.4 is 11.3 Å². The predicted octanol–water partition coefficient (Wildman–Crippen LogP) is 0.376. The van der Waals surface area contributed by atoms with E-state index in [-0.39, 0.29) is 11.2 Å². The number of carbonyl (C=O) groups is 1. The maximum Gasteiger partial charge on any atom is 0.277 e. The molecular formula is C10H15N3O2. The van der Waals surface area contributed by atoms with E-state index in [0.717, 1.165) is 0 Å².